The maximum absolute atomic E-state index is 11.9. The van der Waals surface area contributed by atoms with Gasteiger partial charge in [0.1, 0.15) is 5.75 Å². The predicted molar refractivity (Wildman–Crippen MR) is 116 cm³/mol. The second kappa shape index (κ2) is 7.71. The lowest BCUT2D eigenvalue weighted by Gasteiger charge is -2.47. The van der Waals surface area contributed by atoms with Crippen LogP contribution in [0.5, 0.6) is 5.75 Å². The molecule has 1 unspecified atom stereocenters. The highest BCUT2D eigenvalue weighted by Gasteiger charge is 2.53. The third-order valence-corrected chi connectivity index (χ3v) is 11.5. The summed E-state index contributed by atoms with van der Waals surface area (Å²) in [6.45, 7) is 6.77. The van der Waals surface area contributed by atoms with E-state index >= 15 is 0 Å². The van der Waals surface area contributed by atoms with Crippen molar-refractivity contribution in [2.75, 3.05) is 7.11 Å². The molecule has 1 atom stereocenters. The van der Waals surface area contributed by atoms with Gasteiger partial charge in [0.15, 0.2) is 8.07 Å². The fraction of sp³-hybridized carbons (Fsp3) is 0.250. The first-order valence-electron chi connectivity index (χ1n) is 9.34. The maximum atomic E-state index is 11.9. The van der Waals surface area contributed by atoms with E-state index in [0.717, 1.165) is 11.3 Å². The van der Waals surface area contributed by atoms with Crippen molar-refractivity contribution in [3.8, 4) is 5.75 Å². The molecule has 0 saturated heterocycles. The number of methoxy groups -OCH3 is 1. The Kier molecular flexibility index (Phi) is 5.54. The molecule has 3 heteroatoms. The third kappa shape index (κ3) is 3.45. The smallest absolute Gasteiger partial charge is 0.159 e. The predicted octanol–water partition coefficient (Wildman–Crippen LogP) is 4.33. The fourth-order valence-electron chi connectivity index (χ4n) is 4.20. The first-order valence-corrected chi connectivity index (χ1v) is 11.4. The summed E-state index contributed by atoms with van der Waals surface area (Å²) in [6.07, 6.45) is 0. The molecule has 0 heterocycles. The molecular formula is C24H28O2Si. The van der Waals surface area contributed by atoms with Gasteiger partial charge in [0.25, 0.3) is 0 Å². The topological polar surface area (TPSA) is 29.5 Å². The normalized spacial score (nSPS) is 13.2. The van der Waals surface area contributed by atoms with Gasteiger partial charge in [0.05, 0.1) is 12.8 Å². The first kappa shape index (κ1) is 19.4. The van der Waals surface area contributed by atoms with E-state index in [9.17, 15) is 5.11 Å². The van der Waals surface area contributed by atoms with Gasteiger partial charge in [-0.05, 0) is 22.7 Å². The van der Waals surface area contributed by atoms with Gasteiger partial charge in [0, 0.05) is 0 Å². The molecule has 0 aliphatic heterocycles. The molecule has 2 nitrogen and oxygen atoms in total. The molecule has 3 aromatic carbocycles. The summed E-state index contributed by atoms with van der Waals surface area (Å²) in [7, 11) is -0.946. The van der Waals surface area contributed by atoms with Crippen LogP contribution < -0.4 is 15.1 Å². The van der Waals surface area contributed by atoms with Gasteiger partial charge < -0.3 is 9.84 Å². The van der Waals surface area contributed by atoms with Gasteiger partial charge >= 0.3 is 0 Å². The molecule has 0 bridgehead atoms. The summed E-state index contributed by atoms with van der Waals surface area (Å²) in [5.41, 5.74) is 0.360. The molecule has 140 valence electrons. The van der Waals surface area contributed by atoms with E-state index in [1.165, 1.54) is 10.4 Å². The van der Waals surface area contributed by atoms with Crippen LogP contribution in [0.1, 0.15) is 32.1 Å². The number of benzene rings is 3. The van der Waals surface area contributed by atoms with Crippen LogP contribution in [0, 0.1) is 0 Å². The minimum atomic E-state index is -2.61. The van der Waals surface area contributed by atoms with Crippen molar-refractivity contribution in [1.82, 2.24) is 0 Å². The lowest BCUT2D eigenvalue weighted by molar-refractivity contribution is 0.246. The van der Waals surface area contributed by atoms with Gasteiger partial charge in [-0.1, -0.05) is 104 Å². The summed E-state index contributed by atoms with van der Waals surface area (Å²) in [5.74, 6) is 0.799. The van der Waals surface area contributed by atoms with Gasteiger partial charge in [-0.2, -0.15) is 0 Å². The summed E-state index contributed by atoms with van der Waals surface area (Å²) < 4.78 is 5.30. The van der Waals surface area contributed by atoms with E-state index in [0.29, 0.717) is 0 Å². The van der Waals surface area contributed by atoms with E-state index in [1.54, 1.807) is 7.11 Å². The van der Waals surface area contributed by atoms with Gasteiger partial charge in [-0.25, -0.2) is 0 Å². The van der Waals surface area contributed by atoms with Crippen LogP contribution in [0.4, 0.5) is 0 Å². The van der Waals surface area contributed by atoms with Crippen LogP contribution in [0.3, 0.4) is 0 Å². The number of aliphatic hydroxyl groups excluding tert-OH is 1. The van der Waals surface area contributed by atoms with Crippen LogP contribution in [-0.2, 0) is 0 Å². The fourth-order valence-corrected chi connectivity index (χ4v) is 9.84. The average molecular weight is 377 g/mol. The Hall–Kier alpha value is -2.36. The number of rotatable bonds is 5. The third-order valence-electron chi connectivity index (χ3n) is 5.48. The van der Waals surface area contributed by atoms with Crippen LogP contribution in [0.15, 0.2) is 84.9 Å². The first-order chi connectivity index (χ1) is 12.9. The Balaban J connectivity index is 2.28. The summed E-state index contributed by atoms with van der Waals surface area (Å²) >= 11 is 0. The minimum Gasteiger partial charge on any atom is -0.497 e. The van der Waals surface area contributed by atoms with E-state index < -0.39 is 13.8 Å². The SMILES string of the molecule is COc1ccc(C(O)[Si](c2ccccc2)(c2ccccc2)C(C)(C)C)cc1. The second-order valence-corrected chi connectivity index (χ2v) is 12.8. The molecule has 0 spiro atoms. The standard InChI is InChI=1S/C24H28O2Si/c1-24(2,3)27(21-11-7-5-8-12-21,22-13-9-6-10-14-22)23(25)19-15-17-20(26-4)18-16-19/h5-18,23,25H,1-4H3. The molecule has 1 N–H and O–H groups in total. The zero-order chi connectivity index (χ0) is 19.5. The average Bonchev–Trinajstić information content (AvgIpc) is 2.69. The summed E-state index contributed by atoms with van der Waals surface area (Å²) in [5, 5.41) is 14.2. The Bertz CT molecular complexity index is 813. The quantitative estimate of drug-likeness (QED) is 0.672. The van der Waals surface area contributed by atoms with Crippen molar-refractivity contribution in [3.63, 3.8) is 0 Å². The molecule has 0 saturated carbocycles. The molecule has 0 aliphatic carbocycles. The highest BCUT2D eigenvalue weighted by atomic mass is 28.3. The van der Waals surface area contributed by atoms with E-state index in [-0.39, 0.29) is 5.04 Å². The highest BCUT2D eigenvalue weighted by Crippen LogP contribution is 2.43. The lowest BCUT2D eigenvalue weighted by Crippen LogP contribution is -2.68. The summed E-state index contributed by atoms with van der Waals surface area (Å²) in [4.78, 5) is 0. The van der Waals surface area contributed by atoms with Crippen molar-refractivity contribution in [3.05, 3.63) is 90.5 Å². The highest BCUT2D eigenvalue weighted by molar-refractivity contribution is 7.04. The maximum Gasteiger partial charge on any atom is 0.159 e. The van der Waals surface area contributed by atoms with Crippen LogP contribution in [0.25, 0.3) is 0 Å². The molecule has 3 aromatic rings. The van der Waals surface area contributed by atoms with Crippen LogP contribution in [-0.4, -0.2) is 20.3 Å². The number of hydrogen-bond donors (Lipinski definition) is 1. The van der Waals surface area contributed by atoms with Crippen molar-refractivity contribution in [2.45, 2.75) is 31.5 Å². The largest absolute Gasteiger partial charge is 0.497 e. The van der Waals surface area contributed by atoms with Crippen molar-refractivity contribution < 1.29 is 9.84 Å². The Labute approximate surface area is 163 Å². The van der Waals surface area contributed by atoms with E-state index in [1.807, 2.05) is 36.4 Å². The number of aliphatic hydroxyl groups is 1. The molecule has 27 heavy (non-hydrogen) atoms. The van der Waals surface area contributed by atoms with E-state index in [2.05, 4.69) is 69.3 Å². The zero-order valence-corrected chi connectivity index (χ0v) is 17.5. The Morgan fingerprint density at radius 1 is 0.741 bits per heavy atom. The van der Waals surface area contributed by atoms with E-state index in [4.69, 9.17) is 4.74 Å². The monoisotopic (exact) mass is 376 g/mol. The number of ether oxygens (including phenoxy) is 1. The zero-order valence-electron chi connectivity index (χ0n) is 16.5. The Morgan fingerprint density at radius 3 is 1.56 bits per heavy atom. The molecule has 0 fully saturated rings. The molecule has 0 aromatic heterocycles. The van der Waals surface area contributed by atoms with Gasteiger partial charge in [0.2, 0.25) is 0 Å². The molecule has 0 radical (unpaired) electrons. The molecule has 0 aliphatic rings. The lowest BCUT2D eigenvalue weighted by atomic mass is 10.2. The Morgan fingerprint density at radius 2 is 1.19 bits per heavy atom. The van der Waals surface area contributed by atoms with Crippen molar-refractivity contribution >= 4 is 18.4 Å². The van der Waals surface area contributed by atoms with Crippen molar-refractivity contribution in [1.29, 1.82) is 0 Å². The molecular weight excluding hydrogens is 348 g/mol. The van der Waals surface area contributed by atoms with Crippen LogP contribution >= 0.6 is 0 Å². The minimum absolute atomic E-state index is 0.102. The van der Waals surface area contributed by atoms with Gasteiger partial charge in [-0.15, -0.1) is 0 Å². The number of hydrogen-bond acceptors (Lipinski definition) is 2. The van der Waals surface area contributed by atoms with Gasteiger partial charge in [-0.3, -0.25) is 0 Å². The van der Waals surface area contributed by atoms with Crippen molar-refractivity contribution in [2.24, 2.45) is 0 Å². The molecule has 0 amide bonds. The molecule has 3 rings (SSSR count). The second-order valence-electron chi connectivity index (χ2n) is 7.97. The van der Waals surface area contributed by atoms with Crippen LogP contribution in [0.2, 0.25) is 5.04 Å². The summed E-state index contributed by atoms with van der Waals surface area (Å²) in [6, 6.07) is 28.9.